The first-order chi connectivity index (χ1) is 11.6. The highest BCUT2D eigenvalue weighted by Crippen LogP contribution is 2.27. The predicted molar refractivity (Wildman–Crippen MR) is 90.6 cm³/mol. The number of nitrogens with two attached hydrogens (primary N) is 1. The number of hydrogen-bond acceptors (Lipinski definition) is 4. The van der Waals surface area contributed by atoms with Crippen LogP contribution in [0.4, 0.5) is 5.69 Å². The normalized spacial score (nSPS) is 15.9. The SMILES string of the molecule is NC1(C(=O)NCC(=O)Nc2ccc(-n3cccn3)cc2)CCCC1. The van der Waals surface area contributed by atoms with Gasteiger partial charge in [0, 0.05) is 18.1 Å². The maximum Gasteiger partial charge on any atom is 0.243 e. The maximum atomic E-state index is 12.1. The van der Waals surface area contributed by atoms with Crippen molar-refractivity contribution in [2.75, 3.05) is 11.9 Å². The van der Waals surface area contributed by atoms with Crippen LogP contribution in [0, 0.1) is 0 Å². The van der Waals surface area contributed by atoms with E-state index >= 15 is 0 Å². The van der Waals surface area contributed by atoms with Crippen molar-refractivity contribution in [3.05, 3.63) is 42.7 Å². The van der Waals surface area contributed by atoms with Crippen molar-refractivity contribution in [2.24, 2.45) is 5.73 Å². The lowest BCUT2D eigenvalue weighted by molar-refractivity contribution is -0.128. The average Bonchev–Trinajstić information content (AvgIpc) is 3.26. The number of anilines is 1. The van der Waals surface area contributed by atoms with E-state index in [9.17, 15) is 9.59 Å². The molecule has 1 fully saturated rings. The molecule has 126 valence electrons. The van der Waals surface area contributed by atoms with E-state index in [0.29, 0.717) is 18.5 Å². The standard InChI is InChI=1S/C17H21N5O2/c18-17(8-1-2-9-17)16(24)19-12-15(23)21-13-4-6-14(7-5-13)22-11-3-10-20-22/h3-7,10-11H,1-2,8-9,12,18H2,(H,19,24)(H,21,23). The molecule has 1 aromatic carbocycles. The Labute approximate surface area is 140 Å². The van der Waals surface area contributed by atoms with Crippen molar-refractivity contribution in [3.63, 3.8) is 0 Å². The van der Waals surface area contributed by atoms with E-state index < -0.39 is 5.54 Å². The number of rotatable bonds is 5. The van der Waals surface area contributed by atoms with Crippen molar-refractivity contribution in [1.29, 1.82) is 0 Å². The molecule has 0 radical (unpaired) electrons. The van der Waals surface area contributed by atoms with Gasteiger partial charge in [0.05, 0.1) is 17.8 Å². The minimum atomic E-state index is -0.814. The van der Waals surface area contributed by atoms with Crippen LogP contribution in [0.1, 0.15) is 25.7 Å². The largest absolute Gasteiger partial charge is 0.345 e. The minimum absolute atomic E-state index is 0.0846. The molecular formula is C17H21N5O2. The number of carbonyl (C=O) groups is 2. The summed E-state index contributed by atoms with van der Waals surface area (Å²) in [6.45, 7) is -0.0846. The van der Waals surface area contributed by atoms with Crippen molar-refractivity contribution in [3.8, 4) is 5.69 Å². The molecule has 0 aliphatic heterocycles. The maximum absolute atomic E-state index is 12.1. The third-order valence-electron chi connectivity index (χ3n) is 4.28. The lowest BCUT2D eigenvalue weighted by atomic mass is 9.98. The average molecular weight is 327 g/mol. The Hall–Kier alpha value is -2.67. The molecule has 0 spiro atoms. The zero-order valence-corrected chi connectivity index (χ0v) is 13.4. The van der Waals surface area contributed by atoms with Gasteiger partial charge >= 0.3 is 0 Å². The Morgan fingerprint density at radius 1 is 1.21 bits per heavy atom. The van der Waals surface area contributed by atoms with Gasteiger partial charge in [-0.25, -0.2) is 4.68 Å². The number of amides is 2. The van der Waals surface area contributed by atoms with Gasteiger partial charge in [0.25, 0.3) is 0 Å². The molecule has 4 N–H and O–H groups in total. The van der Waals surface area contributed by atoms with E-state index in [0.717, 1.165) is 18.5 Å². The Bertz CT molecular complexity index is 703. The van der Waals surface area contributed by atoms with E-state index in [1.54, 1.807) is 23.0 Å². The molecule has 24 heavy (non-hydrogen) atoms. The first kappa shape index (κ1) is 16.2. The molecule has 1 saturated carbocycles. The topological polar surface area (TPSA) is 102 Å². The second-order valence-electron chi connectivity index (χ2n) is 6.09. The van der Waals surface area contributed by atoms with Crippen LogP contribution in [-0.2, 0) is 9.59 Å². The molecule has 1 aliphatic carbocycles. The Balaban J connectivity index is 1.50. The number of benzene rings is 1. The third-order valence-corrected chi connectivity index (χ3v) is 4.28. The van der Waals surface area contributed by atoms with Crippen LogP contribution in [0.5, 0.6) is 0 Å². The van der Waals surface area contributed by atoms with Crippen LogP contribution in [0.2, 0.25) is 0 Å². The molecule has 2 amide bonds. The Kier molecular flexibility index (Phi) is 4.61. The fraction of sp³-hybridized carbons (Fsp3) is 0.353. The summed E-state index contributed by atoms with van der Waals surface area (Å²) < 4.78 is 1.73. The molecule has 7 heteroatoms. The molecule has 0 atom stereocenters. The molecule has 0 unspecified atom stereocenters. The lowest BCUT2D eigenvalue weighted by Gasteiger charge is -2.22. The van der Waals surface area contributed by atoms with E-state index in [-0.39, 0.29) is 18.4 Å². The van der Waals surface area contributed by atoms with Gasteiger partial charge in [-0.2, -0.15) is 5.10 Å². The Morgan fingerprint density at radius 2 is 1.92 bits per heavy atom. The number of nitrogens with one attached hydrogen (secondary N) is 2. The van der Waals surface area contributed by atoms with Crippen LogP contribution < -0.4 is 16.4 Å². The summed E-state index contributed by atoms with van der Waals surface area (Å²) in [4.78, 5) is 24.0. The van der Waals surface area contributed by atoms with Crippen molar-refractivity contribution >= 4 is 17.5 Å². The van der Waals surface area contributed by atoms with Crippen molar-refractivity contribution in [1.82, 2.24) is 15.1 Å². The van der Waals surface area contributed by atoms with Crippen LogP contribution in [0.25, 0.3) is 5.69 Å². The summed E-state index contributed by atoms with van der Waals surface area (Å²) in [5.74, 6) is -0.527. The fourth-order valence-electron chi connectivity index (χ4n) is 2.89. The minimum Gasteiger partial charge on any atom is -0.345 e. The third kappa shape index (κ3) is 3.62. The van der Waals surface area contributed by atoms with Crippen molar-refractivity contribution < 1.29 is 9.59 Å². The second-order valence-corrected chi connectivity index (χ2v) is 6.09. The van der Waals surface area contributed by atoms with Gasteiger partial charge in [-0.3, -0.25) is 9.59 Å². The molecule has 0 saturated heterocycles. The Morgan fingerprint density at radius 3 is 2.54 bits per heavy atom. The number of hydrogen-bond donors (Lipinski definition) is 3. The molecule has 0 bridgehead atoms. The zero-order chi connectivity index (χ0) is 17.0. The molecule has 1 heterocycles. The molecule has 7 nitrogen and oxygen atoms in total. The molecule has 1 aromatic heterocycles. The van der Waals surface area contributed by atoms with E-state index in [1.807, 2.05) is 24.4 Å². The quantitative estimate of drug-likeness (QED) is 0.768. The summed E-state index contributed by atoms with van der Waals surface area (Å²) in [5, 5.41) is 9.52. The summed E-state index contributed by atoms with van der Waals surface area (Å²) >= 11 is 0. The van der Waals surface area contributed by atoms with Crippen LogP contribution in [0.15, 0.2) is 42.7 Å². The molecule has 3 rings (SSSR count). The molecular weight excluding hydrogens is 306 g/mol. The van der Waals surface area contributed by atoms with Gasteiger partial charge in [0.2, 0.25) is 11.8 Å². The first-order valence-corrected chi connectivity index (χ1v) is 8.04. The smallest absolute Gasteiger partial charge is 0.243 e. The highest BCUT2D eigenvalue weighted by Gasteiger charge is 2.36. The van der Waals surface area contributed by atoms with Gasteiger partial charge in [-0.15, -0.1) is 0 Å². The zero-order valence-electron chi connectivity index (χ0n) is 13.4. The number of nitrogens with zero attached hydrogens (tertiary/aromatic N) is 2. The van der Waals surface area contributed by atoms with Gasteiger partial charge in [0.15, 0.2) is 0 Å². The van der Waals surface area contributed by atoms with Crippen LogP contribution in [-0.4, -0.2) is 33.7 Å². The van der Waals surface area contributed by atoms with E-state index in [2.05, 4.69) is 15.7 Å². The van der Waals surface area contributed by atoms with E-state index in [1.165, 1.54) is 0 Å². The van der Waals surface area contributed by atoms with Crippen LogP contribution in [0.3, 0.4) is 0 Å². The predicted octanol–water partition coefficient (Wildman–Crippen LogP) is 1.20. The lowest BCUT2D eigenvalue weighted by Crippen LogP contribution is -2.53. The summed E-state index contributed by atoms with van der Waals surface area (Å²) in [7, 11) is 0. The highest BCUT2D eigenvalue weighted by atomic mass is 16.2. The highest BCUT2D eigenvalue weighted by molar-refractivity contribution is 5.96. The summed E-state index contributed by atoms with van der Waals surface area (Å²) in [5.41, 5.74) is 6.80. The van der Waals surface area contributed by atoms with Crippen molar-refractivity contribution in [2.45, 2.75) is 31.2 Å². The van der Waals surface area contributed by atoms with Gasteiger partial charge in [0.1, 0.15) is 0 Å². The summed E-state index contributed by atoms with van der Waals surface area (Å²) in [6, 6.07) is 9.13. The fourth-order valence-corrected chi connectivity index (χ4v) is 2.89. The van der Waals surface area contributed by atoms with E-state index in [4.69, 9.17) is 5.73 Å². The number of aromatic nitrogens is 2. The number of carbonyl (C=O) groups excluding carboxylic acids is 2. The molecule has 2 aromatic rings. The second kappa shape index (κ2) is 6.84. The first-order valence-electron chi connectivity index (χ1n) is 8.04. The molecule has 1 aliphatic rings. The van der Waals surface area contributed by atoms with Gasteiger partial charge < -0.3 is 16.4 Å². The summed E-state index contributed by atoms with van der Waals surface area (Å²) in [6.07, 6.45) is 6.81. The monoisotopic (exact) mass is 327 g/mol. The van der Waals surface area contributed by atoms with Gasteiger partial charge in [-0.05, 0) is 43.2 Å². The van der Waals surface area contributed by atoms with Crippen LogP contribution >= 0.6 is 0 Å². The van der Waals surface area contributed by atoms with Gasteiger partial charge in [-0.1, -0.05) is 12.8 Å².